The summed E-state index contributed by atoms with van der Waals surface area (Å²) in [6.45, 7) is 7.74. The Morgan fingerprint density at radius 2 is 1.63 bits per heavy atom. The van der Waals surface area contributed by atoms with Crippen molar-refractivity contribution in [3.05, 3.63) is 82.7 Å². The number of aryl methyl sites for hydroxylation is 2. The Labute approximate surface area is 205 Å². The number of methoxy groups -OCH3 is 1. The summed E-state index contributed by atoms with van der Waals surface area (Å²) in [4.78, 5) is 25.2. The molecule has 0 saturated heterocycles. The van der Waals surface area contributed by atoms with Gasteiger partial charge in [-0.25, -0.2) is 13.2 Å². The van der Waals surface area contributed by atoms with Gasteiger partial charge in [0.1, 0.15) is 0 Å². The first-order chi connectivity index (χ1) is 16.5. The zero-order chi connectivity index (χ0) is 25.8. The Bertz CT molecular complexity index is 1310. The van der Waals surface area contributed by atoms with Gasteiger partial charge >= 0.3 is 5.97 Å². The Morgan fingerprint density at radius 1 is 1.00 bits per heavy atom. The average molecular weight is 499 g/mol. The minimum absolute atomic E-state index is 0.00307. The Morgan fingerprint density at radius 3 is 2.23 bits per heavy atom. The molecule has 0 aliphatic heterocycles. The molecule has 0 radical (unpaired) electrons. The number of hydrogen-bond acceptors (Lipinski definition) is 6. The molecule has 186 valence electrons. The van der Waals surface area contributed by atoms with Crippen LogP contribution in [0.25, 0.3) is 0 Å². The van der Waals surface area contributed by atoms with Crippen molar-refractivity contribution in [1.29, 1.82) is 0 Å². The summed E-state index contributed by atoms with van der Waals surface area (Å²) in [6, 6.07) is 14.1. The van der Waals surface area contributed by atoms with Gasteiger partial charge in [0.15, 0.2) is 6.61 Å². The van der Waals surface area contributed by atoms with E-state index < -0.39 is 22.6 Å². The van der Waals surface area contributed by atoms with Gasteiger partial charge in [-0.15, -0.1) is 0 Å². The number of nitrogens with one attached hydrogen (secondary N) is 1. The van der Waals surface area contributed by atoms with E-state index in [-0.39, 0.29) is 22.3 Å². The van der Waals surface area contributed by atoms with E-state index in [1.54, 1.807) is 37.4 Å². The lowest BCUT2D eigenvalue weighted by Gasteiger charge is -2.17. The van der Waals surface area contributed by atoms with Crippen LogP contribution in [-0.2, 0) is 19.5 Å². The number of aromatic nitrogens is 1. The minimum atomic E-state index is -3.82. The SMILES string of the molecule is COCC(C)n1c(C)cc(C(=O)COC(=O)c2ccc(S(=O)(=O)Nc3ccc(C)cc3)cc2)c1C. The number of Topliss-reactive ketones (excluding diaryl/α,β-unsaturated/α-hetero) is 1. The van der Waals surface area contributed by atoms with E-state index in [1.807, 2.05) is 32.3 Å². The minimum Gasteiger partial charge on any atom is -0.454 e. The van der Waals surface area contributed by atoms with Gasteiger partial charge in [-0.2, -0.15) is 0 Å². The van der Waals surface area contributed by atoms with E-state index in [0.717, 1.165) is 17.0 Å². The maximum Gasteiger partial charge on any atom is 0.338 e. The number of anilines is 1. The average Bonchev–Trinajstić information content (AvgIpc) is 3.12. The molecule has 0 amide bonds. The third-order valence-corrected chi connectivity index (χ3v) is 7.07. The molecule has 3 rings (SSSR count). The number of esters is 1. The topological polar surface area (TPSA) is 104 Å². The first-order valence-corrected chi connectivity index (χ1v) is 12.6. The molecular formula is C26H30N2O6S. The fourth-order valence-corrected chi connectivity index (χ4v) is 5.01. The third kappa shape index (κ3) is 6.17. The van der Waals surface area contributed by atoms with Crippen LogP contribution < -0.4 is 4.72 Å². The fourth-order valence-electron chi connectivity index (χ4n) is 3.95. The quantitative estimate of drug-likeness (QED) is 0.327. The van der Waals surface area contributed by atoms with E-state index in [0.29, 0.717) is 17.9 Å². The lowest BCUT2D eigenvalue weighted by Crippen LogP contribution is -2.17. The first kappa shape index (κ1) is 26.2. The molecule has 0 aliphatic rings. The summed E-state index contributed by atoms with van der Waals surface area (Å²) in [7, 11) is -2.19. The van der Waals surface area contributed by atoms with Crippen LogP contribution in [-0.4, -0.2) is 45.1 Å². The van der Waals surface area contributed by atoms with Crippen molar-refractivity contribution in [3.8, 4) is 0 Å². The predicted octanol–water partition coefficient (Wildman–Crippen LogP) is 4.46. The monoisotopic (exact) mass is 498 g/mol. The van der Waals surface area contributed by atoms with Gasteiger partial charge in [0, 0.05) is 29.7 Å². The number of carbonyl (C=O) groups is 2. The van der Waals surface area contributed by atoms with Gasteiger partial charge < -0.3 is 14.0 Å². The molecule has 35 heavy (non-hydrogen) atoms. The molecule has 2 aromatic carbocycles. The Hall–Kier alpha value is -3.43. The Balaban J connectivity index is 1.64. The summed E-state index contributed by atoms with van der Waals surface area (Å²) in [6.07, 6.45) is 0. The molecule has 0 saturated carbocycles. The van der Waals surface area contributed by atoms with Crippen LogP contribution in [0.15, 0.2) is 59.5 Å². The number of ketones is 1. The largest absolute Gasteiger partial charge is 0.454 e. The molecule has 1 N–H and O–H groups in total. The highest BCUT2D eigenvalue weighted by Crippen LogP contribution is 2.22. The first-order valence-electron chi connectivity index (χ1n) is 11.1. The highest BCUT2D eigenvalue weighted by atomic mass is 32.2. The normalized spacial score (nSPS) is 12.3. The molecule has 1 aromatic heterocycles. The maximum absolute atomic E-state index is 12.7. The number of nitrogens with zero attached hydrogens (tertiary/aromatic N) is 1. The van der Waals surface area contributed by atoms with E-state index >= 15 is 0 Å². The summed E-state index contributed by atoms with van der Waals surface area (Å²) in [5, 5.41) is 0. The molecule has 1 unspecified atom stereocenters. The number of rotatable bonds is 10. The summed E-state index contributed by atoms with van der Waals surface area (Å²) >= 11 is 0. The number of benzene rings is 2. The second-order valence-electron chi connectivity index (χ2n) is 8.45. The van der Waals surface area contributed by atoms with Gasteiger partial charge in [-0.05, 0) is 70.2 Å². The second-order valence-corrected chi connectivity index (χ2v) is 10.1. The highest BCUT2D eigenvalue weighted by Gasteiger charge is 2.21. The van der Waals surface area contributed by atoms with Gasteiger partial charge in [0.2, 0.25) is 5.78 Å². The van der Waals surface area contributed by atoms with E-state index in [4.69, 9.17) is 9.47 Å². The molecular weight excluding hydrogens is 468 g/mol. The van der Waals surface area contributed by atoms with Gasteiger partial charge in [0.25, 0.3) is 10.0 Å². The van der Waals surface area contributed by atoms with Crippen molar-refractivity contribution >= 4 is 27.5 Å². The highest BCUT2D eigenvalue weighted by molar-refractivity contribution is 7.92. The lowest BCUT2D eigenvalue weighted by atomic mass is 10.1. The number of hydrogen-bond donors (Lipinski definition) is 1. The molecule has 8 nitrogen and oxygen atoms in total. The maximum atomic E-state index is 12.7. The Kier molecular flexibility index (Phi) is 8.14. The lowest BCUT2D eigenvalue weighted by molar-refractivity contribution is 0.0474. The van der Waals surface area contributed by atoms with Crippen molar-refractivity contribution in [2.75, 3.05) is 25.0 Å². The number of ether oxygens (including phenoxy) is 2. The summed E-state index contributed by atoms with van der Waals surface area (Å²) in [5.41, 5.74) is 3.78. The van der Waals surface area contributed by atoms with Crippen LogP contribution in [0.5, 0.6) is 0 Å². The molecule has 0 bridgehead atoms. The zero-order valence-corrected chi connectivity index (χ0v) is 21.3. The van der Waals surface area contributed by atoms with Crippen LogP contribution >= 0.6 is 0 Å². The second kappa shape index (κ2) is 10.9. The van der Waals surface area contributed by atoms with Crippen molar-refractivity contribution < 1.29 is 27.5 Å². The van der Waals surface area contributed by atoms with Gasteiger partial charge in [-0.3, -0.25) is 9.52 Å². The standard InChI is InChI=1S/C26H30N2O6S/c1-17-6-10-22(11-7-17)27-35(31,32)23-12-8-21(9-13-23)26(30)34-16-25(29)24-14-18(2)28(20(24)4)19(3)15-33-5/h6-14,19,27H,15-16H2,1-5H3. The van der Waals surface area contributed by atoms with Gasteiger partial charge in [0.05, 0.1) is 23.1 Å². The summed E-state index contributed by atoms with van der Waals surface area (Å²) < 4.78 is 40.1. The van der Waals surface area contributed by atoms with Crippen molar-refractivity contribution in [1.82, 2.24) is 4.57 Å². The van der Waals surface area contributed by atoms with Gasteiger partial charge in [-0.1, -0.05) is 17.7 Å². The molecule has 1 atom stereocenters. The van der Waals surface area contributed by atoms with Crippen LogP contribution in [0, 0.1) is 20.8 Å². The van der Waals surface area contributed by atoms with E-state index in [1.165, 1.54) is 24.3 Å². The zero-order valence-electron chi connectivity index (χ0n) is 20.5. The number of carbonyl (C=O) groups excluding carboxylic acids is 2. The molecule has 0 fully saturated rings. The molecule has 9 heteroatoms. The molecule has 0 aliphatic carbocycles. The van der Waals surface area contributed by atoms with Crippen LogP contribution in [0.4, 0.5) is 5.69 Å². The van der Waals surface area contributed by atoms with E-state index in [9.17, 15) is 18.0 Å². The number of sulfonamides is 1. The molecule has 3 aromatic rings. The third-order valence-electron chi connectivity index (χ3n) is 5.67. The van der Waals surface area contributed by atoms with Crippen molar-refractivity contribution in [2.24, 2.45) is 0 Å². The van der Waals surface area contributed by atoms with Crippen LogP contribution in [0.1, 0.15) is 50.6 Å². The van der Waals surface area contributed by atoms with Crippen LogP contribution in [0.2, 0.25) is 0 Å². The predicted molar refractivity (Wildman–Crippen MR) is 134 cm³/mol. The fraction of sp³-hybridized carbons (Fsp3) is 0.308. The molecule has 1 heterocycles. The summed E-state index contributed by atoms with van der Waals surface area (Å²) in [5.74, 6) is -1.03. The smallest absolute Gasteiger partial charge is 0.338 e. The molecule has 0 spiro atoms. The van der Waals surface area contributed by atoms with Crippen LogP contribution in [0.3, 0.4) is 0 Å². The van der Waals surface area contributed by atoms with Crippen molar-refractivity contribution in [2.45, 2.75) is 38.6 Å². The van der Waals surface area contributed by atoms with E-state index in [2.05, 4.69) is 4.72 Å². The van der Waals surface area contributed by atoms with Crippen molar-refractivity contribution in [3.63, 3.8) is 0 Å².